The largest absolute Gasteiger partial charge is 0.394 e. The number of rotatable bonds is 36. The molecule has 0 aromatic rings. The van der Waals surface area contributed by atoms with Gasteiger partial charge < -0.3 is 65.1 Å². The van der Waals surface area contributed by atoms with E-state index < -0.39 is 86.8 Å². The van der Waals surface area contributed by atoms with Gasteiger partial charge in [0.2, 0.25) is 5.91 Å². The summed E-state index contributed by atoms with van der Waals surface area (Å²) >= 11 is 0. The van der Waals surface area contributed by atoms with E-state index in [0.717, 1.165) is 89.9 Å². The van der Waals surface area contributed by atoms with Gasteiger partial charge in [-0.3, -0.25) is 4.79 Å². The van der Waals surface area contributed by atoms with Crippen molar-refractivity contribution in [1.82, 2.24) is 5.32 Å². The van der Waals surface area contributed by atoms with Crippen LogP contribution in [0, 0.1) is 0 Å². The normalized spacial score (nSPS) is 27.4. The lowest BCUT2D eigenvalue weighted by Crippen LogP contribution is -2.65. The molecule has 14 heteroatoms. The van der Waals surface area contributed by atoms with Crippen LogP contribution in [0.4, 0.5) is 0 Å². The first-order chi connectivity index (χ1) is 32.6. The number of carbonyl (C=O) groups excluding carboxylic acids is 1. The Morgan fingerprint density at radius 1 is 0.552 bits per heavy atom. The molecule has 12 atom stereocenters. The Balaban J connectivity index is 1.86. The zero-order chi connectivity index (χ0) is 48.9. The van der Waals surface area contributed by atoms with E-state index >= 15 is 0 Å². The molecule has 0 aliphatic carbocycles. The summed E-state index contributed by atoms with van der Waals surface area (Å²) in [6.45, 7) is 2.54. The molecule has 2 fully saturated rings. The van der Waals surface area contributed by atoms with E-state index in [4.69, 9.17) is 18.9 Å². The van der Waals surface area contributed by atoms with Crippen molar-refractivity contribution in [3.05, 3.63) is 97.2 Å². The Morgan fingerprint density at radius 2 is 1.04 bits per heavy atom. The lowest BCUT2D eigenvalue weighted by Gasteiger charge is -2.46. The first kappa shape index (κ1) is 60.0. The summed E-state index contributed by atoms with van der Waals surface area (Å²) in [5.41, 5.74) is 0. The fourth-order valence-corrected chi connectivity index (χ4v) is 7.39. The molecule has 67 heavy (non-hydrogen) atoms. The van der Waals surface area contributed by atoms with Crippen LogP contribution in [-0.2, 0) is 23.7 Å². The third kappa shape index (κ3) is 25.9. The van der Waals surface area contributed by atoms with Crippen molar-refractivity contribution in [2.75, 3.05) is 19.8 Å². The fraction of sp³-hybridized carbons (Fsp3) is 0.679. The summed E-state index contributed by atoms with van der Waals surface area (Å²) < 4.78 is 22.6. The molecule has 2 aliphatic rings. The molecular weight excluding hydrogens is 859 g/mol. The van der Waals surface area contributed by atoms with E-state index in [-0.39, 0.29) is 18.9 Å². The van der Waals surface area contributed by atoms with Gasteiger partial charge in [0.05, 0.1) is 32.0 Å². The van der Waals surface area contributed by atoms with Crippen LogP contribution in [0.25, 0.3) is 0 Å². The second kappa shape index (κ2) is 38.7. The minimum Gasteiger partial charge on any atom is -0.394 e. The summed E-state index contributed by atoms with van der Waals surface area (Å²) in [5, 5.41) is 86.6. The quantitative estimate of drug-likeness (QED) is 0.0246. The van der Waals surface area contributed by atoms with Crippen LogP contribution in [0.2, 0.25) is 0 Å². The molecule has 1 amide bonds. The highest BCUT2D eigenvalue weighted by Gasteiger charge is 2.51. The lowest BCUT2D eigenvalue weighted by atomic mass is 9.97. The monoisotopic (exact) mass is 946 g/mol. The molecule has 0 radical (unpaired) electrons. The van der Waals surface area contributed by atoms with Crippen molar-refractivity contribution in [2.24, 2.45) is 0 Å². The summed E-state index contributed by atoms with van der Waals surface area (Å²) in [7, 11) is 0. The molecular formula is C53H87NO13. The summed E-state index contributed by atoms with van der Waals surface area (Å²) in [4.78, 5) is 13.2. The Morgan fingerprint density at radius 3 is 1.64 bits per heavy atom. The van der Waals surface area contributed by atoms with Gasteiger partial charge in [-0.25, -0.2) is 0 Å². The molecule has 382 valence electrons. The molecule has 0 saturated carbocycles. The lowest BCUT2D eigenvalue weighted by molar-refractivity contribution is -0.359. The van der Waals surface area contributed by atoms with Crippen LogP contribution < -0.4 is 5.32 Å². The topological polar surface area (TPSA) is 228 Å². The van der Waals surface area contributed by atoms with Gasteiger partial charge in [0.15, 0.2) is 12.6 Å². The van der Waals surface area contributed by atoms with Gasteiger partial charge in [-0.1, -0.05) is 143 Å². The van der Waals surface area contributed by atoms with Crippen LogP contribution in [0.5, 0.6) is 0 Å². The third-order valence-corrected chi connectivity index (χ3v) is 11.5. The van der Waals surface area contributed by atoms with Crippen molar-refractivity contribution in [3.63, 3.8) is 0 Å². The van der Waals surface area contributed by atoms with Crippen LogP contribution in [0.3, 0.4) is 0 Å². The van der Waals surface area contributed by atoms with Gasteiger partial charge in [-0.2, -0.15) is 0 Å². The zero-order valence-corrected chi connectivity index (χ0v) is 40.3. The van der Waals surface area contributed by atoms with Gasteiger partial charge in [0, 0.05) is 6.42 Å². The molecule has 0 bridgehead atoms. The van der Waals surface area contributed by atoms with E-state index in [1.807, 2.05) is 6.08 Å². The van der Waals surface area contributed by atoms with Gasteiger partial charge in [-0.05, 0) is 83.5 Å². The average molecular weight is 946 g/mol. The highest BCUT2D eigenvalue weighted by molar-refractivity contribution is 5.76. The number of nitrogens with one attached hydrogen (secondary N) is 1. The Labute approximate surface area is 401 Å². The second-order valence-corrected chi connectivity index (χ2v) is 17.2. The summed E-state index contributed by atoms with van der Waals surface area (Å²) in [6, 6.07) is -0.953. The number of unbranched alkanes of at least 4 members (excludes halogenated alkanes) is 9. The standard InChI is InChI=1S/C53H87NO13/c1-3-5-7-9-11-13-15-17-18-19-20-21-22-23-24-25-27-29-31-33-35-37-45(58)54-41(42(57)36-34-32-30-28-26-16-14-12-10-8-6-4-2)40-64-52-50(63)48(61)51(44(39-56)66-52)67-53-49(62)47(60)46(59)43(38-55)65-53/h5,7,10-13,17-18,20-21,23-24,26,28,34,36,41-44,46-53,55-57,59-63H,3-4,6,8-9,14-16,19,22,25,27,29-33,35,37-40H2,1-2H3,(H,54,58)/b7-5-,12-10+,13-11-,18-17-,21-20-,24-23-,28-26+,36-34+. The maximum absolute atomic E-state index is 13.2. The molecule has 0 spiro atoms. The minimum atomic E-state index is -1.80. The number of ether oxygens (including phenoxy) is 4. The number of hydrogen-bond acceptors (Lipinski definition) is 13. The van der Waals surface area contributed by atoms with Gasteiger partial charge >= 0.3 is 0 Å². The number of aliphatic hydroxyl groups excluding tert-OH is 8. The number of allylic oxidation sites excluding steroid dienone is 15. The predicted molar refractivity (Wildman–Crippen MR) is 262 cm³/mol. The van der Waals surface area contributed by atoms with Crippen LogP contribution >= 0.6 is 0 Å². The van der Waals surface area contributed by atoms with E-state index in [9.17, 15) is 45.6 Å². The maximum Gasteiger partial charge on any atom is 0.220 e. The Bertz CT molecular complexity index is 1490. The molecule has 2 rings (SSSR count). The molecule has 9 N–H and O–H groups in total. The van der Waals surface area contributed by atoms with E-state index in [2.05, 4.69) is 104 Å². The molecule has 2 heterocycles. The van der Waals surface area contributed by atoms with Crippen molar-refractivity contribution in [3.8, 4) is 0 Å². The molecule has 14 nitrogen and oxygen atoms in total. The maximum atomic E-state index is 13.2. The third-order valence-electron chi connectivity index (χ3n) is 11.5. The zero-order valence-electron chi connectivity index (χ0n) is 40.3. The van der Waals surface area contributed by atoms with E-state index in [1.165, 1.54) is 12.8 Å². The predicted octanol–water partition coefficient (Wildman–Crippen LogP) is 6.37. The molecule has 0 aromatic heterocycles. The SMILES string of the molecule is CC/C=C\C/C=C\C/C=C\C/C=C\C/C=C\CCCCCCCC(=O)NC(COC1OC(CO)C(OC2OC(CO)C(O)C(O)C2O)C(O)C1O)C(O)/C=C/CC/C=C/CC/C=C/CCCC. The van der Waals surface area contributed by atoms with Crippen LogP contribution in [-0.4, -0.2) is 140 Å². The second-order valence-electron chi connectivity index (χ2n) is 17.2. The Kier molecular flexibility index (Phi) is 34.7. The van der Waals surface area contributed by atoms with Crippen LogP contribution in [0.1, 0.15) is 136 Å². The number of carbonyl (C=O) groups is 1. The van der Waals surface area contributed by atoms with E-state index in [1.54, 1.807) is 6.08 Å². The summed E-state index contributed by atoms with van der Waals surface area (Å²) in [6.07, 6.45) is 34.5. The van der Waals surface area contributed by atoms with Crippen molar-refractivity contribution in [1.29, 1.82) is 0 Å². The molecule has 2 saturated heterocycles. The fourth-order valence-electron chi connectivity index (χ4n) is 7.39. The first-order valence-electron chi connectivity index (χ1n) is 25.0. The highest BCUT2D eigenvalue weighted by Crippen LogP contribution is 2.30. The van der Waals surface area contributed by atoms with Gasteiger partial charge in [0.1, 0.15) is 48.8 Å². The number of aliphatic hydroxyl groups is 8. The van der Waals surface area contributed by atoms with Crippen molar-refractivity contribution in [2.45, 2.75) is 209 Å². The average Bonchev–Trinajstić information content (AvgIpc) is 3.32. The summed E-state index contributed by atoms with van der Waals surface area (Å²) in [5.74, 6) is -0.280. The van der Waals surface area contributed by atoms with E-state index in [0.29, 0.717) is 12.8 Å². The van der Waals surface area contributed by atoms with Gasteiger partial charge in [-0.15, -0.1) is 0 Å². The van der Waals surface area contributed by atoms with Crippen molar-refractivity contribution < 1.29 is 64.6 Å². The number of hydrogen-bond donors (Lipinski definition) is 9. The van der Waals surface area contributed by atoms with Crippen molar-refractivity contribution >= 4 is 5.91 Å². The van der Waals surface area contributed by atoms with Crippen LogP contribution in [0.15, 0.2) is 97.2 Å². The molecule has 12 unspecified atom stereocenters. The Hall–Kier alpha value is -3.09. The first-order valence-corrected chi connectivity index (χ1v) is 25.0. The smallest absolute Gasteiger partial charge is 0.220 e. The minimum absolute atomic E-state index is 0.241. The molecule has 2 aliphatic heterocycles. The van der Waals surface area contributed by atoms with Gasteiger partial charge in [0.25, 0.3) is 0 Å². The highest BCUT2D eigenvalue weighted by atomic mass is 16.7. The number of amides is 1. The molecule has 0 aromatic carbocycles.